The molecular weight excluding hydrogens is 222 g/mol. The second kappa shape index (κ2) is 5.72. The molecule has 0 aromatic heterocycles. The minimum Gasteiger partial charge on any atom is -0.369 e. The third-order valence-corrected chi connectivity index (χ3v) is 3.98. The van der Waals surface area contributed by atoms with Crippen LogP contribution in [0.3, 0.4) is 0 Å². The van der Waals surface area contributed by atoms with Gasteiger partial charge in [-0.25, -0.2) is 0 Å². The predicted octanol–water partition coefficient (Wildman–Crippen LogP) is 1.57. The van der Waals surface area contributed by atoms with Crippen LogP contribution in [0.25, 0.3) is 0 Å². The molecule has 2 atom stereocenters. The Balaban J connectivity index is 2.18. The zero-order chi connectivity index (χ0) is 13.1. The van der Waals surface area contributed by atoms with E-state index in [2.05, 4.69) is 55.1 Å². The van der Waals surface area contributed by atoms with Crippen molar-refractivity contribution in [1.29, 1.82) is 0 Å². The van der Waals surface area contributed by atoms with Crippen molar-refractivity contribution in [3.05, 3.63) is 29.8 Å². The zero-order valence-electron chi connectivity index (χ0n) is 11.8. The third-order valence-electron chi connectivity index (χ3n) is 3.98. The standard InChI is InChI=1S/C15H25N3/c1-12-10-18(11-15(12)17(2)3)14-7-5-4-6-13(14)8-9-16/h4-7,12,15H,8-11,16H2,1-3H3. The summed E-state index contributed by atoms with van der Waals surface area (Å²) in [7, 11) is 4.35. The minimum absolute atomic E-state index is 0.649. The molecule has 0 bridgehead atoms. The van der Waals surface area contributed by atoms with Gasteiger partial charge in [0.15, 0.2) is 0 Å². The number of benzene rings is 1. The van der Waals surface area contributed by atoms with Gasteiger partial charge >= 0.3 is 0 Å². The van der Waals surface area contributed by atoms with Gasteiger partial charge in [-0.3, -0.25) is 0 Å². The van der Waals surface area contributed by atoms with Gasteiger partial charge in [0, 0.05) is 24.8 Å². The average Bonchev–Trinajstić information content (AvgIpc) is 2.72. The van der Waals surface area contributed by atoms with Crippen molar-refractivity contribution in [2.45, 2.75) is 19.4 Å². The van der Waals surface area contributed by atoms with Crippen molar-refractivity contribution in [2.75, 3.05) is 38.6 Å². The van der Waals surface area contributed by atoms with Gasteiger partial charge in [-0.05, 0) is 44.6 Å². The smallest absolute Gasteiger partial charge is 0.0399 e. The molecule has 0 radical (unpaired) electrons. The highest BCUT2D eigenvalue weighted by Gasteiger charge is 2.31. The highest BCUT2D eigenvalue weighted by molar-refractivity contribution is 5.55. The van der Waals surface area contributed by atoms with Gasteiger partial charge in [-0.15, -0.1) is 0 Å². The van der Waals surface area contributed by atoms with E-state index in [-0.39, 0.29) is 0 Å². The Morgan fingerprint density at radius 2 is 2.00 bits per heavy atom. The van der Waals surface area contributed by atoms with E-state index < -0.39 is 0 Å². The Labute approximate surface area is 111 Å². The first-order valence-electron chi connectivity index (χ1n) is 6.83. The van der Waals surface area contributed by atoms with E-state index in [1.54, 1.807) is 0 Å². The molecule has 1 aliphatic rings. The lowest BCUT2D eigenvalue weighted by atomic mass is 10.1. The molecule has 1 aliphatic heterocycles. The van der Waals surface area contributed by atoms with Crippen LogP contribution in [0.15, 0.2) is 24.3 Å². The number of rotatable bonds is 4. The molecule has 2 N–H and O–H groups in total. The Hall–Kier alpha value is -1.06. The van der Waals surface area contributed by atoms with Crippen LogP contribution in [0.1, 0.15) is 12.5 Å². The van der Waals surface area contributed by atoms with Gasteiger partial charge in [0.2, 0.25) is 0 Å². The maximum absolute atomic E-state index is 5.70. The van der Waals surface area contributed by atoms with Gasteiger partial charge in [-0.2, -0.15) is 0 Å². The van der Waals surface area contributed by atoms with Crippen molar-refractivity contribution in [3.63, 3.8) is 0 Å². The van der Waals surface area contributed by atoms with Crippen LogP contribution in [0.2, 0.25) is 0 Å². The lowest BCUT2D eigenvalue weighted by Gasteiger charge is -2.24. The minimum atomic E-state index is 0.649. The van der Waals surface area contributed by atoms with E-state index in [1.165, 1.54) is 11.3 Å². The molecular formula is C15H25N3. The van der Waals surface area contributed by atoms with E-state index in [4.69, 9.17) is 5.73 Å². The molecule has 1 aromatic rings. The van der Waals surface area contributed by atoms with Crippen molar-refractivity contribution in [1.82, 2.24) is 4.90 Å². The lowest BCUT2D eigenvalue weighted by molar-refractivity contribution is 0.266. The van der Waals surface area contributed by atoms with Crippen molar-refractivity contribution in [3.8, 4) is 0 Å². The summed E-state index contributed by atoms with van der Waals surface area (Å²) in [5, 5.41) is 0. The second-order valence-corrected chi connectivity index (χ2v) is 5.58. The van der Waals surface area contributed by atoms with Crippen LogP contribution in [0.5, 0.6) is 0 Å². The Kier molecular flexibility index (Phi) is 4.25. The molecule has 0 saturated carbocycles. The maximum Gasteiger partial charge on any atom is 0.0399 e. The predicted molar refractivity (Wildman–Crippen MR) is 78.1 cm³/mol. The highest BCUT2D eigenvalue weighted by Crippen LogP contribution is 2.28. The third kappa shape index (κ3) is 2.68. The number of anilines is 1. The summed E-state index contributed by atoms with van der Waals surface area (Å²) in [5.41, 5.74) is 8.46. The molecule has 100 valence electrons. The number of para-hydroxylation sites is 1. The normalized spacial score (nSPS) is 23.9. The van der Waals surface area contributed by atoms with E-state index >= 15 is 0 Å². The molecule has 2 unspecified atom stereocenters. The summed E-state index contributed by atoms with van der Waals surface area (Å²) in [6, 6.07) is 9.32. The molecule has 0 aliphatic carbocycles. The van der Waals surface area contributed by atoms with E-state index in [0.717, 1.165) is 26.1 Å². The van der Waals surface area contributed by atoms with Crippen LogP contribution in [0, 0.1) is 5.92 Å². The Bertz CT molecular complexity index is 389. The molecule has 0 amide bonds. The van der Waals surface area contributed by atoms with Gasteiger partial charge in [0.05, 0.1) is 0 Å². The summed E-state index contributed by atoms with van der Waals surface area (Å²) >= 11 is 0. The van der Waals surface area contributed by atoms with Gasteiger partial charge < -0.3 is 15.5 Å². The van der Waals surface area contributed by atoms with Gasteiger partial charge in [0.1, 0.15) is 0 Å². The van der Waals surface area contributed by atoms with Crippen molar-refractivity contribution < 1.29 is 0 Å². The number of hydrogen-bond donors (Lipinski definition) is 1. The molecule has 1 aromatic carbocycles. The molecule has 1 fully saturated rings. The fourth-order valence-electron chi connectivity index (χ4n) is 3.00. The number of nitrogens with two attached hydrogens (primary N) is 1. The monoisotopic (exact) mass is 247 g/mol. The molecule has 1 saturated heterocycles. The first kappa shape index (κ1) is 13.4. The Morgan fingerprint density at radius 3 is 2.61 bits per heavy atom. The van der Waals surface area contributed by atoms with Gasteiger partial charge in [0.25, 0.3) is 0 Å². The quantitative estimate of drug-likeness (QED) is 0.876. The first-order valence-corrected chi connectivity index (χ1v) is 6.83. The Morgan fingerprint density at radius 1 is 1.28 bits per heavy atom. The van der Waals surface area contributed by atoms with E-state index in [1.807, 2.05) is 0 Å². The highest BCUT2D eigenvalue weighted by atomic mass is 15.2. The fourth-order valence-corrected chi connectivity index (χ4v) is 3.00. The van der Waals surface area contributed by atoms with Gasteiger partial charge in [-0.1, -0.05) is 25.1 Å². The second-order valence-electron chi connectivity index (χ2n) is 5.58. The van der Waals surface area contributed by atoms with Crippen LogP contribution in [-0.4, -0.2) is 44.7 Å². The number of likely N-dealkylation sites (N-methyl/N-ethyl adjacent to an activating group) is 1. The van der Waals surface area contributed by atoms with Crippen LogP contribution < -0.4 is 10.6 Å². The number of nitrogens with zero attached hydrogens (tertiary/aromatic N) is 2. The summed E-state index contributed by atoms with van der Waals surface area (Å²) < 4.78 is 0. The first-order chi connectivity index (χ1) is 8.63. The molecule has 0 spiro atoms. The molecule has 1 heterocycles. The largest absolute Gasteiger partial charge is 0.369 e. The number of hydrogen-bond acceptors (Lipinski definition) is 3. The summed E-state index contributed by atoms with van der Waals surface area (Å²) in [6.45, 7) is 5.33. The topological polar surface area (TPSA) is 32.5 Å². The van der Waals surface area contributed by atoms with Crippen LogP contribution in [-0.2, 0) is 6.42 Å². The zero-order valence-corrected chi connectivity index (χ0v) is 11.8. The molecule has 3 nitrogen and oxygen atoms in total. The lowest BCUT2D eigenvalue weighted by Crippen LogP contribution is -2.34. The van der Waals surface area contributed by atoms with E-state index in [9.17, 15) is 0 Å². The maximum atomic E-state index is 5.70. The average molecular weight is 247 g/mol. The molecule has 3 heteroatoms. The summed E-state index contributed by atoms with van der Waals surface area (Å²) in [5.74, 6) is 0.714. The SMILES string of the molecule is CC1CN(c2ccccc2CCN)CC1N(C)C. The summed E-state index contributed by atoms with van der Waals surface area (Å²) in [4.78, 5) is 4.86. The fraction of sp³-hybridized carbons (Fsp3) is 0.600. The van der Waals surface area contributed by atoms with E-state index in [0.29, 0.717) is 12.0 Å². The molecule has 2 rings (SSSR count). The molecule has 18 heavy (non-hydrogen) atoms. The van der Waals surface area contributed by atoms with Crippen molar-refractivity contribution in [2.24, 2.45) is 11.7 Å². The summed E-state index contributed by atoms with van der Waals surface area (Å²) in [6.07, 6.45) is 0.966. The van der Waals surface area contributed by atoms with Crippen molar-refractivity contribution >= 4 is 5.69 Å². The van der Waals surface area contributed by atoms with Crippen LogP contribution in [0.4, 0.5) is 5.69 Å². The van der Waals surface area contributed by atoms with Crippen LogP contribution >= 0.6 is 0 Å².